The van der Waals surface area contributed by atoms with Crippen molar-refractivity contribution < 1.29 is 28.8 Å². The zero-order valence-electron chi connectivity index (χ0n) is 21.3. The van der Waals surface area contributed by atoms with Crippen LogP contribution >= 0.6 is 11.6 Å². The summed E-state index contributed by atoms with van der Waals surface area (Å²) in [7, 11) is 0. The van der Waals surface area contributed by atoms with Crippen LogP contribution < -0.4 is 9.64 Å². The molecule has 2 bridgehead atoms. The Morgan fingerprint density at radius 1 is 1.02 bits per heavy atom. The molecule has 40 heavy (non-hydrogen) atoms. The second kappa shape index (κ2) is 9.91. The molecule has 1 saturated heterocycles. The van der Waals surface area contributed by atoms with E-state index in [1.54, 1.807) is 48.5 Å². The molecule has 0 unspecified atom stereocenters. The number of rotatable bonds is 7. The van der Waals surface area contributed by atoms with Crippen molar-refractivity contribution in [1.82, 2.24) is 0 Å². The summed E-state index contributed by atoms with van der Waals surface area (Å²) < 4.78 is 11.1. The van der Waals surface area contributed by atoms with Gasteiger partial charge in [0.05, 0.1) is 33.0 Å². The predicted octanol–water partition coefficient (Wildman–Crippen LogP) is 6.10. The van der Waals surface area contributed by atoms with Gasteiger partial charge < -0.3 is 9.47 Å². The second-order valence-electron chi connectivity index (χ2n) is 10.2. The number of imide groups is 1. The highest BCUT2D eigenvalue weighted by Crippen LogP contribution is 2.55. The molecule has 4 atom stereocenters. The number of hydrogen-bond acceptors (Lipinski definition) is 7. The number of benzene rings is 3. The van der Waals surface area contributed by atoms with Crippen LogP contribution in [0, 0.1) is 33.8 Å². The largest absolute Gasteiger partial charge is 0.457 e. The van der Waals surface area contributed by atoms with Gasteiger partial charge in [0.1, 0.15) is 18.1 Å². The minimum Gasteiger partial charge on any atom is -0.457 e. The van der Waals surface area contributed by atoms with Gasteiger partial charge in [0, 0.05) is 12.1 Å². The third-order valence-corrected chi connectivity index (χ3v) is 8.18. The van der Waals surface area contributed by atoms with Crippen molar-refractivity contribution in [2.24, 2.45) is 23.7 Å². The molecule has 202 valence electrons. The molecule has 0 aromatic heterocycles. The summed E-state index contributed by atoms with van der Waals surface area (Å²) in [6.45, 7) is 2.04. The number of anilines is 1. The summed E-state index contributed by atoms with van der Waals surface area (Å²) >= 11 is 6.07. The molecule has 3 aliphatic rings. The maximum Gasteiger partial charge on any atom is 0.338 e. The number of fused-ring (bicyclic) bond motifs is 5. The maximum atomic E-state index is 13.1. The highest BCUT2D eigenvalue weighted by atomic mass is 35.5. The zero-order chi connectivity index (χ0) is 28.1. The molecule has 6 rings (SSSR count). The van der Waals surface area contributed by atoms with E-state index in [0.717, 1.165) is 6.42 Å². The smallest absolute Gasteiger partial charge is 0.338 e. The Hall–Kier alpha value is -4.50. The molecular formula is C30H23ClN2O7. The number of hydrogen-bond donors (Lipinski definition) is 0. The number of non-ortho nitro benzene ring substituents is 1. The van der Waals surface area contributed by atoms with Gasteiger partial charge in [-0.2, -0.15) is 0 Å². The van der Waals surface area contributed by atoms with E-state index in [0.29, 0.717) is 22.6 Å². The van der Waals surface area contributed by atoms with Crippen molar-refractivity contribution in [1.29, 1.82) is 0 Å². The van der Waals surface area contributed by atoms with E-state index < -0.39 is 10.9 Å². The molecule has 2 aliphatic carbocycles. The zero-order valence-corrected chi connectivity index (χ0v) is 22.0. The van der Waals surface area contributed by atoms with Crippen LogP contribution in [0.3, 0.4) is 0 Å². The molecule has 3 aromatic carbocycles. The van der Waals surface area contributed by atoms with Crippen molar-refractivity contribution in [3.05, 3.63) is 105 Å². The molecule has 1 heterocycles. The van der Waals surface area contributed by atoms with E-state index in [1.165, 1.54) is 28.7 Å². The number of halogens is 1. The second-order valence-corrected chi connectivity index (χ2v) is 10.6. The summed E-state index contributed by atoms with van der Waals surface area (Å²) in [6, 6.07) is 17.0. The summed E-state index contributed by atoms with van der Waals surface area (Å²) in [5, 5.41) is 11.0. The summed E-state index contributed by atoms with van der Waals surface area (Å²) in [5.41, 5.74) is 2.53. The highest BCUT2D eigenvalue weighted by Gasteiger charge is 2.60. The molecule has 0 N–H and O–H groups in total. The van der Waals surface area contributed by atoms with Crippen molar-refractivity contribution >= 4 is 40.8 Å². The Morgan fingerprint density at radius 2 is 1.73 bits per heavy atom. The Labute approximate surface area is 234 Å². The van der Waals surface area contributed by atoms with Crippen LogP contribution in [-0.2, 0) is 20.9 Å². The molecule has 0 spiro atoms. The van der Waals surface area contributed by atoms with Gasteiger partial charge in [0.15, 0.2) is 0 Å². The summed E-state index contributed by atoms with van der Waals surface area (Å²) in [4.78, 5) is 50.4. The molecular weight excluding hydrogens is 536 g/mol. The van der Waals surface area contributed by atoms with Crippen LogP contribution in [0.15, 0.2) is 78.4 Å². The SMILES string of the molecule is CC1=C[C@H]2C[C@H]1[C@@H]1C(=O)N(c3ccc(C(=O)OCc4ccc(Oc5ccc([N+](=O)[O-])cc5Cl)cc4)cc3)C(=O)[C@@H]12. The lowest BCUT2D eigenvalue weighted by molar-refractivity contribution is -0.384. The van der Waals surface area contributed by atoms with E-state index in [9.17, 15) is 24.5 Å². The van der Waals surface area contributed by atoms with Crippen LogP contribution in [0.1, 0.15) is 29.3 Å². The van der Waals surface area contributed by atoms with Gasteiger partial charge in [-0.25, -0.2) is 4.79 Å². The Morgan fingerprint density at radius 3 is 2.40 bits per heavy atom. The van der Waals surface area contributed by atoms with Gasteiger partial charge in [0.2, 0.25) is 11.8 Å². The van der Waals surface area contributed by atoms with Crippen LogP contribution in [0.2, 0.25) is 5.02 Å². The molecule has 1 saturated carbocycles. The van der Waals surface area contributed by atoms with Crippen LogP contribution in [-0.4, -0.2) is 22.7 Å². The van der Waals surface area contributed by atoms with Gasteiger partial charge in [-0.05, 0) is 73.2 Å². The molecule has 10 heteroatoms. The van der Waals surface area contributed by atoms with Crippen LogP contribution in [0.5, 0.6) is 11.5 Å². The lowest BCUT2D eigenvalue weighted by atomic mass is 9.82. The average molecular weight is 559 g/mol. The van der Waals surface area contributed by atoms with Gasteiger partial charge in [-0.1, -0.05) is 35.4 Å². The predicted molar refractivity (Wildman–Crippen MR) is 145 cm³/mol. The number of nitro groups is 1. The molecule has 2 amide bonds. The first kappa shape index (κ1) is 25.8. The normalized spacial score (nSPS) is 22.8. The summed E-state index contributed by atoms with van der Waals surface area (Å²) in [5.74, 6) is -0.427. The average Bonchev–Trinajstić information content (AvgIpc) is 3.59. The Balaban J connectivity index is 1.05. The highest BCUT2D eigenvalue weighted by molar-refractivity contribution is 6.32. The molecule has 0 radical (unpaired) electrons. The number of allylic oxidation sites excluding steroid dienone is 2. The number of amides is 2. The fourth-order valence-electron chi connectivity index (χ4n) is 5.97. The minimum absolute atomic E-state index is 0.0146. The third-order valence-electron chi connectivity index (χ3n) is 7.89. The first-order valence-corrected chi connectivity index (χ1v) is 13.1. The van der Waals surface area contributed by atoms with Gasteiger partial charge >= 0.3 is 5.97 Å². The van der Waals surface area contributed by atoms with E-state index in [1.807, 2.05) is 6.92 Å². The van der Waals surface area contributed by atoms with Crippen molar-refractivity contribution in [2.45, 2.75) is 20.0 Å². The fourth-order valence-corrected chi connectivity index (χ4v) is 6.19. The fraction of sp³-hybridized carbons (Fsp3) is 0.233. The minimum atomic E-state index is -0.543. The molecule has 1 aliphatic heterocycles. The van der Waals surface area contributed by atoms with Gasteiger partial charge in [-0.15, -0.1) is 0 Å². The molecule has 2 fully saturated rings. The van der Waals surface area contributed by atoms with E-state index in [-0.39, 0.29) is 58.6 Å². The number of nitro benzene ring substituents is 1. The lowest BCUT2D eigenvalue weighted by Gasteiger charge is -2.19. The number of esters is 1. The van der Waals surface area contributed by atoms with E-state index in [2.05, 4.69) is 6.08 Å². The van der Waals surface area contributed by atoms with Crippen molar-refractivity contribution in [3.63, 3.8) is 0 Å². The number of carbonyl (C=O) groups excluding carboxylic acids is 3. The first-order valence-electron chi connectivity index (χ1n) is 12.8. The Kier molecular flexibility index (Phi) is 6.38. The van der Waals surface area contributed by atoms with Crippen molar-refractivity contribution in [3.8, 4) is 11.5 Å². The number of carbonyl (C=O) groups is 3. The lowest BCUT2D eigenvalue weighted by Crippen LogP contribution is -2.32. The van der Waals surface area contributed by atoms with Gasteiger partial charge in [-0.3, -0.25) is 24.6 Å². The Bertz CT molecular complexity index is 1580. The van der Waals surface area contributed by atoms with Gasteiger partial charge in [0.25, 0.3) is 5.69 Å². The van der Waals surface area contributed by atoms with Crippen molar-refractivity contribution in [2.75, 3.05) is 4.90 Å². The molecule has 9 nitrogen and oxygen atoms in total. The van der Waals surface area contributed by atoms with E-state index >= 15 is 0 Å². The number of ether oxygens (including phenoxy) is 2. The molecule has 3 aromatic rings. The quantitative estimate of drug-likeness (QED) is 0.113. The first-order chi connectivity index (χ1) is 19.2. The summed E-state index contributed by atoms with van der Waals surface area (Å²) in [6.07, 6.45) is 3.01. The monoisotopic (exact) mass is 558 g/mol. The number of nitrogens with zero attached hydrogens (tertiary/aromatic N) is 2. The third kappa shape index (κ3) is 4.42. The van der Waals surface area contributed by atoms with E-state index in [4.69, 9.17) is 21.1 Å². The topological polar surface area (TPSA) is 116 Å². The maximum absolute atomic E-state index is 13.1. The standard InChI is InChI=1S/C30H23ClN2O7/c1-16-12-19-13-23(16)27-26(19)28(34)32(29(27)35)20-6-4-18(5-7-20)30(36)39-15-17-2-9-22(10-3-17)40-25-11-8-21(33(37)38)14-24(25)31/h2-12,14,19,23,26-27H,13,15H2,1H3/t19-,23+,26+,27-/m0/s1. The van der Waals surface area contributed by atoms with Crippen LogP contribution in [0.4, 0.5) is 11.4 Å². The van der Waals surface area contributed by atoms with Crippen LogP contribution in [0.25, 0.3) is 0 Å².